The number of rotatable bonds is 57. The highest BCUT2D eigenvalue weighted by molar-refractivity contribution is 5.76. The number of nitrogens with one attached hydrogen (secondary N) is 1. The second-order valence-electron chi connectivity index (χ2n) is 22.9. The highest BCUT2D eigenvalue weighted by atomic mass is 16.7. The van der Waals surface area contributed by atoms with Gasteiger partial charge >= 0.3 is 0 Å². The number of hydrogen-bond donors (Lipinski definition) is 6. The number of carbonyl (C=O) groups is 1. The van der Waals surface area contributed by atoms with Crippen LogP contribution in [0.3, 0.4) is 0 Å². The summed E-state index contributed by atoms with van der Waals surface area (Å²) in [5.74, 6) is -0.134. The Balaban J connectivity index is 2.12. The normalized spacial score (nSPS) is 19.0. The summed E-state index contributed by atoms with van der Waals surface area (Å²) in [6, 6.07) is -0.714. The number of unbranched alkanes of at least 4 members (excludes halogenated alkanes) is 47. The van der Waals surface area contributed by atoms with Gasteiger partial charge in [-0.2, -0.15) is 0 Å². The van der Waals surface area contributed by atoms with E-state index in [1.165, 1.54) is 276 Å². The Labute approximate surface area is 446 Å². The maximum atomic E-state index is 13.1. The monoisotopic (exact) mass is 1020 g/mol. The SMILES string of the molecule is CCCCCCCCCCCCCCCCCCCCCCCCCCCCCCCC(=O)NC(COC1OC(CO)C(O)C(O)C1O)C(O)CCCCCCCCCCCCCCCCCCCCCC. The molecule has 1 amide bonds. The molecular formula is C63H125NO8. The van der Waals surface area contributed by atoms with Gasteiger partial charge in [0.1, 0.15) is 24.4 Å². The van der Waals surface area contributed by atoms with Crippen LogP contribution in [0.4, 0.5) is 0 Å². The Kier molecular flexibility index (Phi) is 51.5. The predicted octanol–water partition coefficient (Wildman–Crippen LogP) is 16.6. The molecule has 430 valence electrons. The van der Waals surface area contributed by atoms with Crippen LogP contribution in [0.5, 0.6) is 0 Å². The second-order valence-corrected chi connectivity index (χ2v) is 22.9. The van der Waals surface area contributed by atoms with Crippen LogP contribution in [-0.2, 0) is 14.3 Å². The van der Waals surface area contributed by atoms with Crippen LogP contribution in [0.1, 0.15) is 341 Å². The number of ether oxygens (including phenoxy) is 2. The fraction of sp³-hybridized carbons (Fsp3) is 0.984. The third-order valence-corrected chi connectivity index (χ3v) is 16.0. The van der Waals surface area contributed by atoms with Crippen LogP contribution in [0.25, 0.3) is 0 Å². The van der Waals surface area contributed by atoms with Crippen LogP contribution in [0, 0.1) is 0 Å². The molecule has 1 saturated heterocycles. The highest BCUT2D eigenvalue weighted by Crippen LogP contribution is 2.24. The lowest BCUT2D eigenvalue weighted by molar-refractivity contribution is -0.302. The first-order chi connectivity index (χ1) is 35.3. The standard InChI is InChI=1S/C63H125NO8/c1-3-5-7-9-11-13-15-17-19-21-23-25-26-27-28-29-30-31-32-33-35-37-39-41-43-45-47-49-51-53-59(67)64-56(55-71-63-62(70)61(69)60(68)58(54-65)72-63)57(66)52-50-48-46-44-42-40-38-36-34-24-22-20-18-16-14-12-10-8-6-4-2/h56-58,60-63,65-66,68-70H,3-55H2,1-2H3,(H,64,67). The average molecular weight is 1020 g/mol. The number of hydrogen-bond acceptors (Lipinski definition) is 8. The van der Waals surface area contributed by atoms with Gasteiger partial charge in [0.15, 0.2) is 6.29 Å². The number of carbonyl (C=O) groups excluding carboxylic acids is 1. The zero-order chi connectivity index (χ0) is 52.2. The number of aliphatic hydroxyl groups is 5. The van der Waals surface area contributed by atoms with E-state index in [2.05, 4.69) is 19.2 Å². The molecule has 0 aromatic heterocycles. The average Bonchev–Trinajstić information content (AvgIpc) is 3.38. The van der Waals surface area contributed by atoms with Gasteiger partial charge in [-0.25, -0.2) is 0 Å². The van der Waals surface area contributed by atoms with Crippen LogP contribution >= 0.6 is 0 Å². The Bertz CT molecular complexity index is 1100. The van der Waals surface area contributed by atoms with E-state index in [-0.39, 0.29) is 12.5 Å². The fourth-order valence-electron chi connectivity index (χ4n) is 10.9. The van der Waals surface area contributed by atoms with Gasteiger partial charge in [-0.15, -0.1) is 0 Å². The molecule has 72 heavy (non-hydrogen) atoms. The quantitative estimate of drug-likeness (QED) is 0.0330. The molecule has 0 aromatic carbocycles. The molecule has 9 nitrogen and oxygen atoms in total. The largest absolute Gasteiger partial charge is 0.394 e. The van der Waals surface area contributed by atoms with Gasteiger partial charge in [-0.05, 0) is 12.8 Å². The van der Waals surface area contributed by atoms with Crippen LogP contribution in [0.15, 0.2) is 0 Å². The second kappa shape index (κ2) is 53.6. The van der Waals surface area contributed by atoms with Crippen LogP contribution < -0.4 is 5.32 Å². The van der Waals surface area contributed by atoms with Crippen LogP contribution in [0.2, 0.25) is 0 Å². The Morgan fingerprint density at radius 3 is 0.986 bits per heavy atom. The summed E-state index contributed by atoms with van der Waals surface area (Å²) in [7, 11) is 0. The van der Waals surface area contributed by atoms with Crippen molar-refractivity contribution >= 4 is 5.91 Å². The fourth-order valence-corrected chi connectivity index (χ4v) is 10.9. The van der Waals surface area contributed by atoms with Gasteiger partial charge in [0, 0.05) is 6.42 Å². The minimum absolute atomic E-state index is 0.131. The molecule has 1 aliphatic rings. The van der Waals surface area contributed by atoms with E-state index in [9.17, 15) is 30.3 Å². The molecule has 0 saturated carbocycles. The third-order valence-electron chi connectivity index (χ3n) is 16.0. The first kappa shape index (κ1) is 69.2. The van der Waals surface area contributed by atoms with E-state index in [1.807, 2.05) is 0 Å². The molecular weight excluding hydrogens is 899 g/mol. The van der Waals surface area contributed by atoms with Gasteiger partial charge in [0.05, 0.1) is 25.4 Å². The highest BCUT2D eigenvalue weighted by Gasteiger charge is 2.44. The summed E-state index contributed by atoms with van der Waals surface area (Å²) in [6.45, 7) is 3.90. The zero-order valence-electron chi connectivity index (χ0n) is 48.0. The summed E-state index contributed by atoms with van der Waals surface area (Å²) >= 11 is 0. The molecule has 1 fully saturated rings. The van der Waals surface area contributed by atoms with E-state index in [1.54, 1.807) is 0 Å². The van der Waals surface area contributed by atoms with Crippen LogP contribution in [-0.4, -0.2) is 87.5 Å². The molecule has 0 bridgehead atoms. The van der Waals surface area contributed by atoms with Crippen molar-refractivity contribution in [3.05, 3.63) is 0 Å². The Morgan fingerprint density at radius 2 is 0.694 bits per heavy atom. The summed E-state index contributed by atoms with van der Waals surface area (Å²) in [5, 5.41) is 54.8. The molecule has 7 unspecified atom stereocenters. The van der Waals surface area contributed by atoms with Crippen molar-refractivity contribution in [3.8, 4) is 0 Å². The Morgan fingerprint density at radius 1 is 0.417 bits per heavy atom. The van der Waals surface area contributed by atoms with E-state index >= 15 is 0 Å². The van der Waals surface area contributed by atoms with Gasteiger partial charge < -0.3 is 40.3 Å². The van der Waals surface area contributed by atoms with Crippen molar-refractivity contribution in [1.29, 1.82) is 0 Å². The molecule has 1 heterocycles. The first-order valence-electron chi connectivity index (χ1n) is 32.2. The van der Waals surface area contributed by atoms with E-state index in [0.29, 0.717) is 12.8 Å². The van der Waals surface area contributed by atoms with Gasteiger partial charge in [0.25, 0.3) is 0 Å². The van der Waals surface area contributed by atoms with Crippen molar-refractivity contribution in [2.75, 3.05) is 13.2 Å². The maximum Gasteiger partial charge on any atom is 0.220 e. The lowest BCUT2D eigenvalue weighted by Gasteiger charge is -2.40. The summed E-state index contributed by atoms with van der Waals surface area (Å²) in [5.41, 5.74) is 0. The van der Waals surface area contributed by atoms with E-state index in [0.717, 1.165) is 38.5 Å². The lowest BCUT2D eigenvalue weighted by Crippen LogP contribution is -2.60. The summed E-state index contributed by atoms with van der Waals surface area (Å²) in [6.07, 6.45) is 58.7. The van der Waals surface area contributed by atoms with Crippen molar-refractivity contribution < 1.29 is 39.8 Å². The van der Waals surface area contributed by atoms with Crippen molar-refractivity contribution in [3.63, 3.8) is 0 Å². The van der Waals surface area contributed by atoms with Gasteiger partial charge in [-0.3, -0.25) is 4.79 Å². The molecule has 7 atom stereocenters. The summed E-state index contributed by atoms with van der Waals surface area (Å²) < 4.78 is 11.3. The molecule has 1 rings (SSSR count). The van der Waals surface area contributed by atoms with Crippen molar-refractivity contribution in [2.45, 2.75) is 384 Å². The maximum absolute atomic E-state index is 13.1. The zero-order valence-corrected chi connectivity index (χ0v) is 48.0. The third kappa shape index (κ3) is 42.3. The smallest absolute Gasteiger partial charge is 0.220 e. The summed E-state index contributed by atoms with van der Waals surface area (Å²) in [4.78, 5) is 13.1. The molecule has 0 aromatic rings. The molecule has 0 radical (unpaired) electrons. The van der Waals surface area contributed by atoms with E-state index < -0.39 is 49.5 Å². The first-order valence-corrected chi connectivity index (χ1v) is 32.2. The van der Waals surface area contributed by atoms with E-state index in [4.69, 9.17) is 9.47 Å². The molecule has 0 spiro atoms. The molecule has 9 heteroatoms. The van der Waals surface area contributed by atoms with Crippen molar-refractivity contribution in [1.82, 2.24) is 5.32 Å². The molecule has 1 aliphatic heterocycles. The topological polar surface area (TPSA) is 149 Å². The van der Waals surface area contributed by atoms with Crippen molar-refractivity contribution in [2.24, 2.45) is 0 Å². The Hall–Kier alpha value is -0.810. The number of aliphatic hydroxyl groups excluding tert-OH is 5. The lowest BCUT2D eigenvalue weighted by atomic mass is 9.99. The van der Waals surface area contributed by atoms with Gasteiger partial charge in [0.2, 0.25) is 5.91 Å². The molecule has 6 N–H and O–H groups in total. The minimum atomic E-state index is -1.55. The van der Waals surface area contributed by atoms with Gasteiger partial charge in [-0.1, -0.05) is 322 Å². The predicted molar refractivity (Wildman–Crippen MR) is 304 cm³/mol. The molecule has 0 aliphatic carbocycles. The minimum Gasteiger partial charge on any atom is -0.394 e. The number of amides is 1.